The predicted octanol–water partition coefficient (Wildman–Crippen LogP) is 7.45. The van der Waals surface area contributed by atoms with Crippen LogP contribution in [-0.2, 0) is 4.74 Å². The van der Waals surface area contributed by atoms with E-state index in [1.165, 1.54) is 63.4 Å². The second-order valence-corrected chi connectivity index (χ2v) is 8.97. The molecule has 1 aliphatic rings. The number of rotatable bonds is 8. The number of carbonyl (C=O) groups excluding carboxylic acids is 1. The summed E-state index contributed by atoms with van der Waals surface area (Å²) in [7, 11) is 1.42. The van der Waals surface area contributed by atoms with Gasteiger partial charge in [0.25, 0.3) is 0 Å². The molecule has 1 aromatic heterocycles. The number of methoxy groups -OCH3 is 1. The number of esters is 1. The molecule has 0 amide bonds. The predicted molar refractivity (Wildman–Crippen MR) is 116 cm³/mol. The van der Waals surface area contributed by atoms with Crippen molar-refractivity contribution in [2.45, 2.75) is 91.9 Å². The van der Waals surface area contributed by atoms with Gasteiger partial charge >= 0.3 is 5.97 Å². The van der Waals surface area contributed by atoms with Gasteiger partial charge in [-0.25, -0.2) is 4.79 Å². The minimum Gasteiger partial charge on any atom is -0.492 e. The molecule has 1 fully saturated rings. The highest BCUT2D eigenvalue weighted by Gasteiger charge is 2.26. The molecule has 3 atom stereocenters. The zero-order valence-electron chi connectivity index (χ0n) is 18.3. The first-order valence-corrected chi connectivity index (χ1v) is 11.6. The fourth-order valence-corrected chi connectivity index (χ4v) is 4.71. The molecule has 156 valence electrons. The van der Waals surface area contributed by atoms with Crippen LogP contribution in [0.15, 0.2) is 6.07 Å². The molecule has 0 spiro atoms. The van der Waals surface area contributed by atoms with Gasteiger partial charge in [-0.05, 0) is 43.6 Å². The first-order valence-electron chi connectivity index (χ1n) is 10.8. The largest absolute Gasteiger partial charge is 0.492 e. The van der Waals surface area contributed by atoms with Gasteiger partial charge in [-0.1, -0.05) is 66.2 Å². The Hall–Kier alpha value is -1.03. The molecule has 0 aromatic carbocycles. The van der Waals surface area contributed by atoms with E-state index in [0.717, 1.165) is 11.8 Å². The molecular weight excluding hydrogens is 356 g/mol. The van der Waals surface area contributed by atoms with Crippen LogP contribution in [0, 0.1) is 11.8 Å². The van der Waals surface area contributed by atoms with Gasteiger partial charge in [0.15, 0.2) is 4.88 Å². The Morgan fingerprint density at radius 2 is 2.04 bits per heavy atom. The second kappa shape index (κ2) is 13.2. The smallest absolute Gasteiger partial charge is 0.351 e. The normalized spacial score (nSPS) is 20.4. The lowest BCUT2D eigenvalue weighted by atomic mass is 9.82. The summed E-state index contributed by atoms with van der Waals surface area (Å²) in [6, 6.07) is 2.04. The summed E-state index contributed by atoms with van der Waals surface area (Å²) >= 11 is 1.54. The summed E-state index contributed by atoms with van der Waals surface area (Å²) in [5, 5.41) is 0. The maximum absolute atomic E-state index is 11.8. The Bertz CT molecular complexity index is 538. The van der Waals surface area contributed by atoms with Crippen molar-refractivity contribution in [1.82, 2.24) is 0 Å². The van der Waals surface area contributed by atoms with Gasteiger partial charge in [-0.2, -0.15) is 0 Å². The summed E-state index contributed by atoms with van der Waals surface area (Å²) in [5.41, 5.74) is 0. The fourth-order valence-electron chi connectivity index (χ4n) is 3.54. The number of unbranched alkanes of at least 4 members (excludes halogenated alkanes) is 1. The van der Waals surface area contributed by atoms with Gasteiger partial charge in [0.2, 0.25) is 0 Å². The molecule has 0 bridgehead atoms. The van der Waals surface area contributed by atoms with E-state index < -0.39 is 0 Å². The Labute approximate surface area is 170 Å². The molecule has 0 saturated heterocycles. The van der Waals surface area contributed by atoms with Crippen molar-refractivity contribution in [1.29, 1.82) is 0 Å². The monoisotopic (exact) mass is 396 g/mol. The second-order valence-electron chi connectivity index (χ2n) is 7.89. The average Bonchev–Trinajstić information content (AvgIpc) is 3.10. The van der Waals surface area contributed by atoms with Crippen LogP contribution in [0.4, 0.5) is 0 Å². The van der Waals surface area contributed by atoms with Gasteiger partial charge in [0, 0.05) is 4.88 Å². The maximum atomic E-state index is 11.8. The molecule has 3 nitrogen and oxygen atoms in total. The molecule has 0 radical (unpaired) electrons. The summed E-state index contributed by atoms with van der Waals surface area (Å²) in [5.74, 6) is 2.70. The molecule has 1 heterocycles. The van der Waals surface area contributed by atoms with Crippen molar-refractivity contribution in [3.63, 3.8) is 0 Å². The highest BCUT2D eigenvalue weighted by atomic mass is 32.1. The SMILES string of the molecule is CCCCC(C)CC.CCOc1cc(C2CCCC(C)C2)sc1C(=O)OC. The zero-order valence-corrected chi connectivity index (χ0v) is 19.1. The Morgan fingerprint density at radius 3 is 2.59 bits per heavy atom. The lowest BCUT2D eigenvalue weighted by Crippen LogP contribution is -2.10. The number of ether oxygens (including phenoxy) is 2. The molecule has 3 unspecified atom stereocenters. The Balaban J connectivity index is 0.000000387. The van der Waals surface area contributed by atoms with E-state index in [0.29, 0.717) is 23.2 Å². The van der Waals surface area contributed by atoms with Crippen LogP contribution in [-0.4, -0.2) is 19.7 Å². The van der Waals surface area contributed by atoms with E-state index in [9.17, 15) is 4.79 Å². The van der Waals surface area contributed by atoms with Crippen molar-refractivity contribution in [3.8, 4) is 5.75 Å². The van der Waals surface area contributed by atoms with Gasteiger partial charge in [-0.15, -0.1) is 11.3 Å². The number of hydrogen-bond acceptors (Lipinski definition) is 4. The first kappa shape index (κ1) is 24.0. The first-order chi connectivity index (χ1) is 13.0. The van der Waals surface area contributed by atoms with Crippen LogP contribution in [0.5, 0.6) is 5.75 Å². The summed E-state index contributed by atoms with van der Waals surface area (Å²) in [6.07, 6.45) is 10.6. The van der Waals surface area contributed by atoms with Crippen LogP contribution in [0.25, 0.3) is 0 Å². The van der Waals surface area contributed by atoms with Crippen molar-refractivity contribution < 1.29 is 14.3 Å². The van der Waals surface area contributed by atoms with E-state index in [-0.39, 0.29) is 5.97 Å². The van der Waals surface area contributed by atoms with Crippen LogP contribution >= 0.6 is 11.3 Å². The highest BCUT2D eigenvalue weighted by molar-refractivity contribution is 7.14. The third-order valence-corrected chi connectivity index (χ3v) is 6.73. The standard InChI is InChI=1S/C15H22O3S.C8H18/c1-4-18-12-9-13(19-14(12)15(16)17-3)11-7-5-6-10(2)8-11;1-4-6-7-8(3)5-2/h9-11H,4-8H2,1-3H3;8H,4-7H2,1-3H3. The van der Waals surface area contributed by atoms with Crippen molar-refractivity contribution in [2.75, 3.05) is 13.7 Å². The molecule has 0 aliphatic heterocycles. The minimum atomic E-state index is -0.288. The Kier molecular flexibility index (Phi) is 11.7. The summed E-state index contributed by atoms with van der Waals surface area (Å²) < 4.78 is 10.4. The number of carbonyl (C=O) groups is 1. The van der Waals surface area contributed by atoms with Gasteiger partial charge in [0.1, 0.15) is 5.75 Å². The van der Waals surface area contributed by atoms with Crippen LogP contribution < -0.4 is 4.74 Å². The van der Waals surface area contributed by atoms with Gasteiger partial charge in [-0.3, -0.25) is 0 Å². The fraction of sp³-hybridized carbons (Fsp3) is 0.783. The van der Waals surface area contributed by atoms with Crippen molar-refractivity contribution >= 4 is 17.3 Å². The topological polar surface area (TPSA) is 35.5 Å². The zero-order chi connectivity index (χ0) is 20.2. The Morgan fingerprint density at radius 1 is 1.30 bits per heavy atom. The molecule has 27 heavy (non-hydrogen) atoms. The average molecular weight is 397 g/mol. The minimum absolute atomic E-state index is 0.288. The third kappa shape index (κ3) is 8.25. The van der Waals surface area contributed by atoms with E-state index in [1.54, 1.807) is 11.3 Å². The molecule has 1 saturated carbocycles. The quantitative estimate of drug-likeness (QED) is 0.428. The van der Waals surface area contributed by atoms with E-state index in [2.05, 4.69) is 27.7 Å². The lowest BCUT2D eigenvalue weighted by molar-refractivity contribution is 0.0602. The van der Waals surface area contributed by atoms with E-state index >= 15 is 0 Å². The van der Waals surface area contributed by atoms with Gasteiger partial charge < -0.3 is 9.47 Å². The highest BCUT2D eigenvalue weighted by Crippen LogP contribution is 2.42. The molecule has 2 rings (SSSR count). The van der Waals surface area contributed by atoms with Crippen molar-refractivity contribution in [3.05, 3.63) is 15.8 Å². The molecule has 1 aliphatic carbocycles. The van der Waals surface area contributed by atoms with Crippen LogP contribution in [0.1, 0.15) is 106 Å². The lowest BCUT2D eigenvalue weighted by Gasteiger charge is -2.25. The van der Waals surface area contributed by atoms with Gasteiger partial charge in [0.05, 0.1) is 13.7 Å². The summed E-state index contributed by atoms with van der Waals surface area (Å²) in [4.78, 5) is 13.7. The van der Waals surface area contributed by atoms with Crippen LogP contribution in [0.2, 0.25) is 0 Å². The van der Waals surface area contributed by atoms with E-state index in [4.69, 9.17) is 9.47 Å². The number of hydrogen-bond donors (Lipinski definition) is 0. The third-order valence-electron chi connectivity index (χ3n) is 5.47. The summed E-state index contributed by atoms with van der Waals surface area (Å²) in [6.45, 7) is 11.7. The molecular formula is C23H40O3S. The van der Waals surface area contributed by atoms with E-state index in [1.807, 2.05) is 13.0 Å². The maximum Gasteiger partial charge on any atom is 0.351 e. The molecule has 0 N–H and O–H groups in total. The molecule has 4 heteroatoms. The molecule has 1 aromatic rings. The van der Waals surface area contributed by atoms with Crippen LogP contribution in [0.3, 0.4) is 0 Å². The van der Waals surface area contributed by atoms with Crippen molar-refractivity contribution in [2.24, 2.45) is 11.8 Å². The number of thiophene rings is 1.